The molecule has 0 bridgehead atoms. The predicted molar refractivity (Wildman–Crippen MR) is 111 cm³/mol. The van der Waals surface area contributed by atoms with Gasteiger partial charge in [0, 0.05) is 19.5 Å². The fraction of sp³-hybridized carbons (Fsp3) is 0.364. The number of ether oxygens (including phenoxy) is 1. The smallest absolute Gasteiger partial charge is 0.228 e. The van der Waals surface area contributed by atoms with Crippen molar-refractivity contribution in [2.75, 3.05) is 25.1 Å². The highest BCUT2D eigenvalue weighted by molar-refractivity contribution is 6.33. The Labute approximate surface area is 170 Å². The van der Waals surface area contributed by atoms with Crippen molar-refractivity contribution >= 4 is 29.1 Å². The third-order valence-electron chi connectivity index (χ3n) is 5.28. The van der Waals surface area contributed by atoms with E-state index >= 15 is 0 Å². The number of hydrogen-bond acceptors (Lipinski definition) is 3. The Morgan fingerprint density at radius 3 is 2.71 bits per heavy atom. The van der Waals surface area contributed by atoms with Crippen molar-refractivity contribution in [1.29, 1.82) is 0 Å². The molecule has 2 atom stereocenters. The molecule has 1 aliphatic heterocycles. The maximum Gasteiger partial charge on any atom is 0.228 e. The summed E-state index contributed by atoms with van der Waals surface area (Å²) in [6.07, 6.45) is 0.200. The number of nitrogens with zero attached hydrogens (tertiary/aromatic N) is 2. The lowest BCUT2D eigenvalue weighted by Crippen LogP contribution is -2.39. The van der Waals surface area contributed by atoms with Crippen molar-refractivity contribution in [3.8, 4) is 5.75 Å². The van der Waals surface area contributed by atoms with Gasteiger partial charge < -0.3 is 14.5 Å². The van der Waals surface area contributed by atoms with Crippen molar-refractivity contribution in [3.63, 3.8) is 0 Å². The molecule has 6 heteroatoms. The van der Waals surface area contributed by atoms with Gasteiger partial charge in [-0.15, -0.1) is 0 Å². The van der Waals surface area contributed by atoms with Crippen LogP contribution in [-0.2, 0) is 9.59 Å². The largest absolute Gasteiger partial charge is 0.497 e. The molecule has 148 valence electrons. The number of anilines is 1. The van der Waals surface area contributed by atoms with Gasteiger partial charge in [-0.25, -0.2) is 0 Å². The lowest BCUT2D eigenvalue weighted by Gasteiger charge is -2.31. The molecular weight excluding hydrogens is 376 g/mol. The molecule has 3 rings (SSSR count). The van der Waals surface area contributed by atoms with E-state index in [2.05, 4.69) is 0 Å². The number of methoxy groups -OCH3 is 1. The van der Waals surface area contributed by atoms with Gasteiger partial charge in [-0.2, -0.15) is 0 Å². The average molecular weight is 401 g/mol. The van der Waals surface area contributed by atoms with Crippen LogP contribution in [0.2, 0.25) is 5.02 Å². The summed E-state index contributed by atoms with van der Waals surface area (Å²) < 4.78 is 5.30. The van der Waals surface area contributed by atoms with Crippen LogP contribution in [0.15, 0.2) is 48.5 Å². The van der Waals surface area contributed by atoms with Crippen molar-refractivity contribution in [2.24, 2.45) is 5.92 Å². The summed E-state index contributed by atoms with van der Waals surface area (Å²) in [6.45, 7) is 4.87. The van der Waals surface area contributed by atoms with Crippen molar-refractivity contribution in [2.45, 2.75) is 26.3 Å². The highest BCUT2D eigenvalue weighted by atomic mass is 35.5. The lowest BCUT2D eigenvalue weighted by molar-refractivity contribution is -0.137. The summed E-state index contributed by atoms with van der Waals surface area (Å²) in [7, 11) is 1.62. The second-order valence-corrected chi connectivity index (χ2v) is 7.34. The molecule has 2 amide bonds. The van der Waals surface area contributed by atoms with Gasteiger partial charge in [0.1, 0.15) is 5.75 Å². The summed E-state index contributed by atoms with van der Waals surface area (Å²) in [6, 6.07) is 14.8. The predicted octanol–water partition coefficient (Wildman–Crippen LogP) is 4.31. The minimum atomic E-state index is -0.378. The van der Waals surface area contributed by atoms with Crippen LogP contribution in [0.5, 0.6) is 5.75 Å². The van der Waals surface area contributed by atoms with E-state index in [1.807, 2.05) is 61.2 Å². The minimum Gasteiger partial charge on any atom is -0.497 e. The molecule has 5 nitrogen and oxygen atoms in total. The highest BCUT2D eigenvalue weighted by Crippen LogP contribution is 2.33. The first-order chi connectivity index (χ1) is 13.5. The fourth-order valence-electron chi connectivity index (χ4n) is 3.71. The van der Waals surface area contributed by atoms with E-state index in [0.29, 0.717) is 23.8 Å². The summed E-state index contributed by atoms with van der Waals surface area (Å²) in [5.41, 5.74) is 1.66. The van der Waals surface area contributed by atoms with Crippen molar-refractivity contribution in [3.05, 3.63) is 59.1 Å². The second-order valence-electron chi connectivity index (χ2n) is 6.93. The van der Waals surface area contributed by atoms with E-state index in [9.17, 15) is 9.59 Å². The average Bonchev–Trinajstić information content (AvgIpc) is 3.10. The van der Waals surface area contributed by atoms with Gasteiger partial charge >= 0.3 is 0 Å². The Morgan fingerprint density at radius 2 is 2.04 bits per heavy atom. The Hall–Kier alpha value is -2.53. The second kappa shape index (κ2) is 8.65. The quantitative estimate of drug-likeness (QED) is 0.725. The zero-order valence-electron chi connectivity index (χ0n) is 16.4. The molecule has 0 saturated carbocycles. The standard InChI is InChI=1S/C22H25ClN2O3/c1-4-24(15(2)16-8-7-9-18(12-16)28-3)22(27)17-13-21(26)25(14-17)20-11-6-5-10-19(20)23/h5-12,15,17H,4,13-14H2,1-3H3. The maximum atomic E-state index is 13.2. The van der Waals surface area contributed by atoms with Crippen molar-refractivity contribution < 1.29 is 14.3 Å². The molecule has 1 fully saturated rings. The van der Waals surface area contributed by atoms with Gasteiger partial charge in [0.25, 0.3) is 0 Å². The molecule has 0 radical (unpaired) electrons. The van der Waals surface area contributed by atoms with Crippen molar-refractivity contribution in [1.82, 2.24) is 4.90 Å². The van der Waals surface area contributed by atoms with Gasteiger partial charge in [-0.1, -0.05) is 35.9 Å². The van der Waals surface area contributed by atoms with Crippen LogP contribution in [0, 0.1) is 5.92 Å². The van der Waals surface area contributed by atoms with Crippen LogP contribution in [0.3, 0.4) is 0 Å². The molecule has 0 aromatic heterocycles. The van der Waals surface area contributed by atoms with Crippen LogP contribution >= 0.6 is 11.6 Å². The number of hydrogen-bond donors (Lipinski definition) is 0. The number of para-hydroxylation sites is 1. The van der Waals surface area contributed by atoms with E-state index < -0.39 is 0 Å². The molecule has 0 aliphatic carbocycles. The Kier molecular flexibility index (Phi) is 6.25. The lowest BCUT2D eigenvalue weighted by atomic mass is 10.0. The number of benzene rings is 2. The van der Waals surface area contributed by atoms with E-state index in [0.717, 1.165) is 11.3 Å². The van der Waals surface area contributed by atoms with Crippen LogP contribution in [-0.4, -0.2) is 36.9 Å². The van der Waals surface area contributed by atoms with Gasteiger partial charge in [-0.3, -0.25) is 9.59 Å². The topological polar surface area (TPSA) is 49.9 Å². The molecule has 2 aromatic rings. The summed E-state index contributed by atoms with van der Waals surface area (Å²) >= 11 is 6.24. The highest BCUT2D eigenvalue weighted by Gasteiger charge is 2.38. The van der Waals surface area contributed by atoms with E-state index in [1.165, 1.54) is 0 Å². The van der Waals surface area contributed by atoms with Crippen LogP contribution < -0.4 is 9.64 Å². The summed E-state index contributed by atoms with van der Waals surface area (Å²) in [5, 5.41) is 0.515. The number of halogens is 1. The normalized spacial score (nSPS) is 17.5. The van der Waals surface area contributed by atoms with E-state index in [-0.39, 0.29) is 30.2 Å². The Morgan fingerprint density at radius 1 is 1.29 bits per heavy atom. The zero-order chi connectivity index (χ0) is 20.3. The first-order valence-corrected chi connectivity index (χ1v) is 9.83. The first-order valence-electron chi connectivity index (χ1n) is 9.45. The minimum absolute atomic E-state index is 0.0132. The maximum absolute atomic E-state index is 13.2. The molecule has 0 N–H and O–H groups in total. The zero-order valence-corrected chi connectivity index (χ0v) is 17.1. The third kappa shape index (κ3) is 3.99. The molecular formula is C22H25ClN2O3. The first kappa shape index (κ1) is 20.2. The monoisotopic (exact) mass is 400 g/mol. The Bertz CT molecular complexity index is 870. The molecule has 2 unspecified atom stereocenters. The van der Waals surface area contributed by atoms with Crippen LogP contribution in [0.4, 0.5) is 5.69 Å². The van der Waals surface area contributed by atoms with E-state index in [1.54, 1.807) is 18.1 Å². The van der Waals surface area contributed by atoms with Gasteiger partial charge in [0.2, 0.25) is 11.8 Å². The van der Waals surface area contributed by atoms with E-state index in [4.69, 9.17) is 16.3 Å². The number of amides is 2. The van der Waals surface area contributed by atoms with Crippen LogP contribution in [0.1, 0.15) is 31.9 Å². The number of rotatable bonds is 6. The van der Waals surface area contributed by atoms with Crippen LogP contribution in [0.25, 0.3) is 0 Å². The molecule has 1 saturated heterocycles. The summed E-state index contributed by atoms with van der Waals surface area (Å²) in [5.74, 6) is 0.294. The molecule has 1 heterocycles. The number of carbonyl (C=O) groups is 2. The third-order valence-corrected chi connectivity index (χ3v) is 5.60. The van der Waals surface area contributed by atoms with Gasteiger partial charge in [-0.05, 0) is 43.7 Å². The Balaban J connectivity index is 1.78. The summed E-state index contributed by atoms with van der Waals surface area (Å²) in [4.78, 5) is 29.2. The molecule has 28 heavy (non-hydrogen) atoms. The molecule has 2 aromatic carbocycles. The van der Waals surface area contributed by atoms with Gasteiger partial charge in [0.15, 0.2) is 0 Å². The number of carbonyl (C=O) groups excluding carboxylic acids is 2. The SMILES string of the molecule is CCN(C(=O)C1CC(=O)N(c2ccccc2Cl)C1)C(C)c1cccc(OC)c1. The molecule has 0 spiro atoms. The fourth-order valence-corrected chi connectivity index (χ4v) is 3.95. The van der Waals surface area contributed by atoms with Gasteiger partial charge in [0.05, 0.1) is 29.8 Å². The molecule has 1 aliphatic rings.